The average Bonchev–Trinajstić information content (AvgIpc) is 2.05. The molecule has 2 heteroatoms. The fourth-order valence-corrected chi connectivity index (χ4v) is 0.930. The Morgan fingerprint density at radius 1 is 1.27 bits per heavy atom. The van der Waals surface area contributed by atoms with Gasteiger partial charge in [0.05, 0.1) is 0 Å². The largest absolute Gasteiger partial charge is 0.508 e. The molecule has 11 heavy (non-hydrogen) atoms. The van der Waals surface area contributed by atoms with E-state index in [-0.39, 0.29) is 0 Å². The summed E-state index contributed by atoms with van der Waals surface area (Å²) in [6.07, 6.45) is 0. The lowest BCUT2D eigenvalue weighted by Gasteiger charge is -2.09. The Morgan fingerprint density at radius 3 is 2.27 bits per heavy atom. The monoisotopic (exact) mass is 151 g/mol. The van der Waals surface area contributed by atoms with Gasteiger partial charge >= 0.3 is 0 Å². The van der Waals surface area contributed by atoms with Gasteiger partial charge in [-0.05, 0) is 31.7 Å². The van der Waals surface area contributed by atoms with Gasteiger partial charge in [0.1, 0.15) is 5.75 Å². The van der Waals surface area contributed by atoms with Gasteiger partial charge in [-0.3, -0.25) is 0 Å². The Kier molecular flexibility index (Phi) is 2.49. The molecule has 1 atom stereocenters. The maximum Gasteiger partial charge on any atom is 0.115 e. The van der Waals surface area contributed by atoms with Crippen LogP contribution in [-0.2, 0) is 0 Å². The topological polar surface area (TPSA) is 32.3 Å². The Morgan fingerprint density at radius 2 is 1.82 bits per heavy atom. The van der Waals surface area contributed by atoms with E-state index in [9.17, 15) is 0 Å². The van der Waals surface area contributed by atoms with Crippen molar-refractivity contribution in [3.63, 3.8) is 0 Å². The van der Waals surface area contributed by atoms with Crippen molar-refractivity contribution in [3.05, 3.63) is 29.8 Å². The summed E-state index contributed by atoms with van der Waals surface area (Å²) in [5.74, 6) is 0.317. The van der Waals surface area contributed by atoms with Gasteiger partial charge in [0.2, 0.25) is 0 Å². The summed E-state index contributed by atoms with van der Waals surface area (Å²) in [4.78, 5) is 0. The fraction of sp³-hybridized carbons (Fsp3) is 0.333. The van der Waals surface area contributed by atoms with Gasteiger partial charge in [-0.2, -0.15) is 0 Å². The molecule has 0 saturated heterocycles. The molecule has 0 heterocycles. The highest BCUT2D eigenvalue weighted by Crippen LogP contribution is 2.15. The van der Waals surface area contributed by atoms with Gasteiger partial charge in [0.25, 0.3) is 0 Å². The van der Waals surface area contributed by atoms with Crippen LogP contribution in [0.3, 0.4) is 0 Å². The van der Waals surface area contributed by atoms with Gasteiger partial charge < -0.3 is 10.4 Å². The number of phenolic OH excluding ortho intramolecular Hbond substituents is 1. The molecule has 0 saturated carbocycles. The minimum absolute atomic E-state index is 0.317. The highest BCUT2D eigenvalue weighted by molar-refractivity contribution is 5.27. The number of hydrogen-bond acceptors (Lipinski definition) is 2. The summed E-state index contributed by atoms with van der Waals surface area (Å²) in [6, 6.07) is 7.56. The molecule has 0 unspecified atom stereocenters. The molecule has 0 spiro atoms. The number of benzene rings is 1. The van der Waals surface area contributed by atoms with Crippen molar-refractivity contribution in [3.8, 4) is 5.75 Å². The van der Waals surface area contributed by atoms with Crippen molar-refractivity contribution >= 4 is 0 Å². The third kappa shape index (κ3) is 1.95. The molecule has 2 N–H and O–H groups in total. The van der Waals surface area contributed by atoms with Crippen LogP contribution in [0.4, 0.5) is 0 Å². The first-order valence-corrected chi connectivity index (χ1v) is 3.70. The fourth-order valence-electron chi connectivity index (χ4n) is 0.930. The molecule has 0 aliphatic heterocycles. The van der Waals surface area contributed by atoms with E-state index in [1.807, 2.05) is 19.2 Å². The van der Waals surface area contributed by atoms with Crippen LogP contribution in [0.15, 0.2) is 24.3 Å². The zero-order chi connectivity index (χ0) is 8.27. The number of aromatic hydroxyl groups is 1. The molecule has 0 aliphatic rings. The molecular formula is C9H13NO. The van der Waals surface area contributed by atoms with Gasteiger partial charge in [0.15, 0.2) is 0 Å². The molecule has 0 aliphatic carbocycles. The molecule has 0 radical (unpaired) electrons. The smallest absolute Gasteiger partial charge is 0.115 e. The lowest BCUT2D eigenvalue weighted by Crippen LogP contribution is -2.11. The number of rotatable bonds is 2. The van der Waals surface area contributed by atoms with E-state index < -0.39 is 0 Å². The highest BCUT2D eigenvalue weighted by atomic mass is 16.3. The standard InChI is InChI=1S/C9H13NO/c1-7(10-2)8-3-5-9(11)6-4-8/h3-7,10-11H,1-2H3/t7-/m0/s1. The number of nitrogens with one attached hydrogen (secondary N) is 1. The van der Waals surface area contributed by atoms with Crippen LogP contribution in [0.5, 0.6) is 5.75 Å². The third-order valence-electron chi connectivity index (χ3n) is 1.83. The summed E-state index contributed by atoms with van der Waals surface area (Å²) < 4.78 is 0. The zero-order valence-corrected chi connectivity index (χ0v) is 6.83. The van der Waals surface area contributed by atoms with Gasteiger partial charge in [-0.1, -0.05) is 12.1 Å². The molecule has 0 aromatic heterocycles. The quantitative estimate of drug-likeness (QED) is 0.674. The lowest BCUT2D eigenvalue weighted by molar-refractivity contribution is 0.474. The van der Waals surface area contributed by atoms with E-state index in [1.165, 1.54) is 5.56 Å². The minimum Gasteiger partial charge on any atom is -0.508 e. The maximum absolute atomic E-state index is 8.99. The Hall–Kier alpha value is -1.02. The van der Waals surface area contributed by atoms with Crippen molar-refractivity contribution in [2.45, 2.75) is 13.0 Å². The van der Waals surface area contributed by atoms with Crippen LogP contribution >= 0.6 is 0 Å². The first-order chi connectivity index (χ1) is 5.24. The van der Waals surface area contributed by atoms with E-state index in [2.05, 4.69) is 12.2 Å². The summed E-state index contributed by atoms with van der Waals surface area (Å²) in [7, 11) is 1.91. The summed E-state index contributed by atoms with van der Waals surface area (Å²) in [6.45, 7) is 2.08. The SMILES string of the molecule is CN[C@@H](C)c1ccc(O)cc1. The van der Waals surface area contributed by atoms with E-state index in [1.54, 1.807) is 12.1 Å². The van der Waals surface area contributed by atoms with Gasteiger partial charge in [-0.25, -0.2) is 0 Å². The van der Waals surface area contributed by atoms with Crippen LogP contribution in [0.2, 0.25) is 0 Å². The van der Waals surface area contributed by atoms with Crippen LogP contribution in [0, 0.1) is 0 Å². The molecule has 1 rings (SSSR count). The van der Waals surface area contributed by atoms with Crippen molar-refractivity contribution in [1.82, 2.24) is 5.32 Å². The summed E-state index contributed by atoms with van der Waals surface area (Å²) in [5.41, 5.74) is 1.19. The second-order valence-corrected chi connectivity index (χ2v) is 2.60. The van der Waals surface area contributed by atoms with Crippen LogP contribution < -0.4 is 5.32 Å². The van der Waals surface area contributed by atoms with Crippen molar-refractivity contribution in [2.75, 3.05) is 7.05 Å². The zero-order valence-electron chi connectivity index (χ0n) is 6.83. The molecule has 1 aromatic carbocycles. The molecule has 60 valence electrons. The van der Waals surface area contributed by atoms with E-state index >= 15 is 0 Å². The highest BCUT2D eigenvalue weighted by Gasteiger charge is 1.99. The van der Waals surface area contributed by atoms with Crippen molar-refractivity contribution in [2.24, 2.45) is 0 Å². The number of hydrogen-bond donors (Lipinski definition) is 2. The summed E-state index contributed by atoms with van der Waals surface area (Å²) >= 11 is 0. The minimum atomic E-state index is 0.317. The summed E-state index contributed by atoms with van der Waals surface area (Å²) in [5, 5.41) is 12.1. The van der Waals surface area contributed by atoms with E-state index in [0.717, 1.165) is 0 Å². The van der Waals surface area contributed by atoms with Crippen LogP contribution in [-0.4, -0.2) is 12.2 Å². The predicted octanol–water partition coefficient (Wildman–Crippen LogP) is 1.67. The Bertz CT molecular complexity index is 218. The molecule has 1 aromatic rings. The Balaban J connectivity index is 2.81. The molecule has 0 amide bonds. The first-order valence-electron chi connectivity index (χ1n) is 3.70. The van der Waals surface area contributed by atoms with Crippen molar-refractivity contribution in [1.29, 1.82) is 0 Å². The van der Waals surface area contributed by atoms with E-state index in [4.69, 9.17) is 5.11 Å². The Labute approximate surface area is 66.9 Å². The number of phenols is 1. The average molecular weight is 151 g/mol. The molecule has 2 nitrogen and oxygen atoms in total. The van der Waals surface area contributed by atoms with Crippen molar-refractivity contribution < 1.29 is 5.11 Å². The van der Waals surface area contributed by atoms with Gasteiger partial charge in [0, 0.05) is 6.04 Å². The molecule has 0 fully saturated rings. The van der Waals surface area contributed by atoms with Gasteiger partial charge in [-0.15, -0.1) is 0 Å². The van der Waals surface area contributed by atoms with Crippen LogP contribution in [0.1, 0.15) is 18.5 Å². The molecule has 0 bridgehead atoms. The third-order valence-corrected chi connectivity index (χ3v) is 1.83. The van der Waals surface area contributed by atoms with E-state index in [0.29, 0.717) is 11.8 Å². The normalized spacial score (nSPS) is 12.9. The van der Waals surface area contributed by atoms with Crippen LogP contribution in [0.25, 0.3) is 0 Å². The first kappa shape index (κ1) is 8.08. The molecular weight excluding hydrogens is 138 g/mol. The lowest BCUT2D eigenvalue weighted by atomic mass is 10.1. The second-order valence-electron chi connectivity index (χ2n) is 2.60. The predicted molar refractivity (Wildman–Crippen MR) is 45.6 cm³/mol. The second kappa shape index (κ2) is 3.39. The maximum atomic E-state index is 8.99.